The highest BCUT2D eigenvalue weighted by Crippen LogP contribution is 2.28. The molecule has 2 aromatic carbocycles. The van der Waals surface area contributed by atoms with Crippen molar-refractivity contribution in [2.24, 2.45) is 0 Å². The third-order valence-electron chi connectivity index (χ3n) is 8.07. The second-order valence-electron chi connectivity index (χ2n) is 11.0. The average molecular weight is 538 g/mol. The summed E-state index contributed by atoms with van der Waals surface area (Å²) < 4.78 is 0. The molecule has 1 atom stereocenters. The molecule has 1 unspecified atom stereocenters. The summed E-state index contributed by atoms with van der Waals surface area (Å²) in [5, 5.41) is 14.6. The Kier molecular flexibility index (Phi) is 7.21. The maximum absolute atomic E-state index is 13.3. The van der Waals surface area contributed by atoms with Crippen LogP contribution < -0.4 is 10.6 Å². The van der Waals surface area contributed by atoms with E-state index >= 15 is 0 Å². The van der Waals surface area contributed by atoms with E-state index in [1.165, 1.54) is 0 Å². The van der Waals surface area contributed by atoms with Gasteiger partial charge in [-0.15, -0.1) is 0 Å². The van der Waals surface area contributed by atoms with Gasteiger partial charge in [-0.3, -0.25) is 19.8 Å². The number of aromatic nitrogens is 3. The van der Waals surface area contributed by atoms with Crippen molar-refractivity contribution in [3.63, 3.8) is 0 Å². The maximum Gasteiger partial charge on any atom is 0.322 e. The molecule has 0 radical (unpaired) electrons. The number of aromatic amines is 1. The van der Waals surface area contributed by atoms with Crippen molar-refractivity contribution in [1.29, 1.82) is 0 Å². The van der Waals surface area contributed by atoms with Gasteiger partial charge in [0.25, 0.3) is 0 Å². The Hall–Kier alpha value is -4.24. The number of para-hydroxylation sites is 1. The minimum absolute atomic E-state index is 0.0162. The molecule has 3 N–H and O–H groups in total. The fraction of sp³-hybridized carbons (Fsp3) is 0.355. The summed E-state index contributed by atoms with van der Waals surface area (Å²) in [6, 6.07) is 18.1. The number of carbonyl (C=O) groups excluding carboxylic acids is 2. The van der Waals surface area contributed by atoms with Gasteiger partial charge in [0, 0.05) is 42.4 Å². The summed E-state index contributed by atoms with van der Waals surface area (Å²) in [5.74, 6) is -0.0162. The van der Waals surface area contributed by atoms with Crippen LogP contribution in [0, 0.1) is 13.8 Å². The largest absolute Gasteiger partial charge is 0.346 e. The number of carbonyl (C=O) groups is 2. The zero-order valence-electron chi connectivity index (χ0n) is 23.0. The molecule has 9 nitrogen and oxygen atoms in total. The number of benzene rings is 2. The number of amides is 3. The van der Waals surface area contributed by atoms with Gasteiger partial charge in [0.15, 0.2) is 0 Å². The number of pyridine rings is 1. The fourth-order valence-corrected chi connectivity index (χ4v) is 6.00. The quantitative estimate of drug-likeness (QED) is 0.322. The summed E-state index contributed by atoms with van der Waals surface area (Å²) in [6.07, 6.45) is 4.16. The Bertz CT molecular complexity index is 1540. The third-order valence-corrected chi connectivity index (χ3v) is 8.07. The van der Waals surface area contributed by atoms with Crippen LogP contribution in [0.2, 0.25) is 0 Å². The predicted octanol–water partition coefficient (Wildman–Crippen LogP) is 4.49. The lowest BCUT2D eigenvalue weighted by Crippen LogP contribution is -2.51. The van der Waals surface area contributed by atoms with Crippen LogP contribution in [-0.2, 0) is 17.8 Å². The first-order valence-electron chi connectivity index (χ1n) is 14.0. The lowest BCUT2D eigenvalue weighted by atomic mass is 9.99. The molecule has 6 rings (SSSR count). The highest BCUT2D eigenvalue weighted by atomic mass is 16.2. The molecule has 4 heterocycles. The molecule has 2 aliphatic rings. The van der Waals surface area contributed by atoms with Crippen LogP contribution in [0.5, 0.6) is 0 Å². The van der Waals surface area contributed by atoms with Gasteiger partial charge in [-0.05, 0) is 74.1 Å². The van der Waals surface area contributed by atoms with Gasteiger partial charge in [-0.1, -0.05) is 30.3 Å². The highest BCUT2D eigenvalue weighted by Gasteiger charge is 2.32. The zero-order valence-corrected chi connectivity index (χ0v) is 23.0. The van der Waals surface area contributed by atoms with Crippen molar-refractivity contribution in [2.45, 2.75) is 51.7 Å². The smallest absolute Gasteiger partial charge is 0.322 e. The summed E-state index contributed by atoms with van der Waals surface area (Å²) in [4.78, 5) is 34.9. The zero-order chi connectivity index (χ0) is 27.6. The fourth-order valence-electron chi connectivity index (χ4n) is 6.00. The molecule has 1 saturated heterocycles. The standard InChI is InChI=1S/C31H35N7O2/c1-20-14-22(15-24-17-32-36-30(20)24)16-28(27-9-5-6-21(2)33-27)34-29(39)19-37-12-10-25(11-13-37)38-18-23-7-3-4-8-26(23)35-31(38)40/h3-9,14-15,17,25,28H,10-13,16,18-19H2,1-2H3,(H,32,36)(H,34,39)(H,35,40). The molecular weight excluding hydrogens is 502 g/mol. The Labute approximate surface area is 234 Å². The van der Waals surface area contributed by atoms with Gasteiger partial charge < -0.3 is 15.5 Å². The van der Waals surface area contributed by atoms with E-state index in [0.29, 0.717) is 19.5 Å². The van der Waals surface area contributed by atoms with Crippen LogP contribution >= 0.6 is 0 Å². The number of hydrogen-bond acceptors (Lipinski definition) is 5. The molecule has 206 valence electrons. The Morgan fingerprint density at radius 1 is 1.10 bits per heavy atom. The molecule has 2 aromatic heterocycles. The second-order valence-corrected chi connectivity index (χ2v) is 11.0. The van der Waals surface area contributed by atoms with E-state index in [4.69, 9.17) is 4.98 Å². The van der Waals surface area contributed by atoms with Crippen molar-refractivity contribution in [2.75, 3.05) is 25.0 Å². The molecule has 0 aliphatic carbocycles. The third kappa shape index (κ3) is 5.56. The number of rotatable bonds is 7. The van der Waals surface area contributed by atoms with E-state index in [-0.39, 0.29) is 24.0 Å². The van der Waals surface area contributed by atoms with Gasteiger partial charge in [0.2, 0.25) is 5.91 Å². The first-order chi connectivity index (χ1) is 19.4. The van der Waals surface area contributed by atoms with Crippen molar-refractivity contribution in [3.8, 4) is 0 Å². The minimum Gasteiger partial charge on any atom is -0.346 e. The first-order valence-corrected chi connectivity index (χ1v) is 14.0. The van der Waals surface area contributed by atoms with Crippen LogP contribution in [-0.4, -0.2) is 62.6 Å². The Balaban J connectivity index is 1.09. The molecule has 4 aromatic rings. The number of fused-ring (bicyclic) bond motifs is 2. The Morgan fingerprint density at radius 2 is 1.93 bits per heavy atom. The van der Waals surface area contributed by atoms with E-state index in [2.05, 4.69) is 50.9 Å². The molecule has 0 bridgehead atoms. The Morgan fingerprint density at radius 3 is 2.75 bits per heavy atom. The molecule has 1 fully saturated rings. The van der Waals surface area contributed by atoms with Gasteiger partial charge in [0.05, 0.1) is 30.0 Å². The summed E-state index contributed by atoms with van der Waals surface area (Å²) in [5.41, 5.74) is 7.10. The highest BCUT2D eigenvalue weighted by molar-refractivity contribution is 5.92. The number of nitrogens with zero attached hydrogens (tertiary/aromatic N) is 4. The van der Waals surface area contributed by atoms with Gasteiger partial charge in [-0.25, -0.2) is 4.79 Å². The van der Waals surface area contributed by atoms with E-state index in [9.17, 15) is 9.59 Å². The predicted molar refractivity (Wildman–Crippen MR) is 155 cm³/mol. The van der Waals surface area contributed by atoms with Gasteiger partial charge in [-0.2, -0.15) is 5.10 Å². The average Bonchev–Trinajstić information content (AvgIpc) is 3.42. The van der Waals surface area contributed by atoms with Gasteiger partial charge in [0.1, 0.15) is 0 Å². The maximum atomic E-state index is 13.3. The number of urea groups is 1. The van der Waals surface area contributed by atoms with Crippen molar-refractivity contribution >= 4 is 28.5 Å². The number of nitrogens with one attached hydrogen (secondary N) is 3. The van der Waals surface area contributed by atoms with Crippen LogP contribution in [0.15, 0.2) is 60.8 Å². The summed E-state index contributed by atoms with van der Waals surface area (Å²) in [6.45, 7) is 6.53. The van der Waals surface area contributed by atoms with Gasteiger partial charge >= 0.3 is 6.03 Å². The van der Waals surface area contributed by atoms with Crippen molar-refractivity contribution < 1.29 is 9.59 Å². The van der Waals surface area contributed by atoms with Crippen LogP contribution in [0.3, 0.4) is 0 Å². The first kappa shape index (κ1) is 26.0. The number of piperidine rings is 1. The number of anilines is 1. The summed E-state index contributed by atoms with van der Waals surface area (Å²) in [7, 11) is 0. The molecule has 3 amide bonds. The molecule has 2 aliphatic heterocycles. The van der Waals surface area contributed by atoms with E-state index in [0.717, 1.165) is 70.6 Å². The molecule has 0 saturated carbocycles. The number of hydrogen-bond donors (Lipinski definition) is 3. The normalized spacial score (nSPS) is 16.9. The molecular formula is C31H35N7O2. The van der Waals surface area contributed by atoms with E-state index in [1.807, 2.05) is 54.4 Å². The lowest BCUT2D eigenvalue weighted by molar-refractivity contribution is -0.123. The van der Waals surface area contributed by atoms with Crippen LogP contribution in [0.25, 0.3) is 10.9 Å². The SMILES string of the molecule is Cc1cccc(C(Cc2cc(C)c3[nH]ncc3c2)NC(=O)CN2CCC(N3Cc4ccccc4NC3=O)CC2)n1. The van der Waals surface area contributed by atoms with Crippen LogP contribution in [0.4, 0.5) is 10.5 Å². The lowest BCUT2D eigenvalue weighted by Gasteiger charge is -2.40. The molecule has 40 heavy (non-hydrogen) atoms. The minimum atomic E-state index is -0.245. The number of aryl methyl sites for hydroxylation is 2. The van der Waals surface area contributed by atoms with Crippen molar-refractivity contribution in [1.82, 2.24) is 30.3 Å². The topological polar surface area (TPSA) is 106 Å². The van der Waals surface area contributed by atoms with Crippen LogP contribution in [0.1, 0.15) is 47.0 Å². The van der Waals surface area contributed by atoms with E-state index in [1.54, 1.807) is 0 Å². The monoisotopic (exact) mass is 537 g/mol. The summed E-state index contributed by atoms with van der Waals surface area (Å²) >= 11 is 0. The second kappa shape index (κ2) is 11.1. The number of likely N-dealkylation sites (tertiary alicyclic amines) is 1. The molecule has 9 heteroatoms. The number of H-pyrrole nitrogens is 1. The van der Waals surface area contributed by atoms with E-state index < -0.39 is 0 Å². The molecule has 0 spiro atoms. The van der Waals surface area contributed by atoms with Crippen molar-refractivity contribution in [3.05, 3.63) is 88.9 Å².